The van der Waals surface area contributed by atoms with Crippen LogP contribution in [0.1, 0.15) is 45.4 Å². The molecule has 1 N–H and O–H groups in total. The lowest BCUT2D eigenvalue weighted by atomic mass is 9.86. The van der Waals surface area contributed by atoms with Gasteiger partial charge in [-0.05, 0) is 32.6 Å². The van der Waals surface area contributed by atoms with E-state index in [0.717, 1.165) is 45.7 Å². The molecule has 1 saturated carbocycles. The summed E-state index contributed by atoms with van der Waals surface area (Å²) in [5, 5.41) is 0. The Morgan fingerprint density at radius 3 is 2.56 bits per heavy atom. The van der Waals surface area contributed by atoms with E-state index in [9.17, 15) is 4.79 Å². The number of hydrogen-bond acceptors (Lipinski definition) is 3. The smallest absolute Gasteiger partial charge is 0.312 e. The first-order valence-corrected chi connectivity index (χ1v) is 7.31. The third-order valence-corrected chi connectivity index (χ3v) is 4.15. The Kier molecular flexibility index (Phi) is 5.01. The number of esters is 1. The molecule has 0 aromatic carbocycles. The topological polar surface area (TPSA) is 40.0 Å². The molecule has 2 fully saturated rings. The summed E-state index contributed by atoms with van der Waals surface area (Å²) in [6, 6.07) is 0. The molecule has 18 heavy (non-hydrogen) atoms. The van der Waals surface area contributed by atoms with Crippen LogP contribution in [-0.4, -0.2) is 44.4 Å². The quantitative estimate of drug-likeness (QED) is 0.747. The Hall–Kier alpha value is -0.610. The molecule has 0 amide bonds. The Balaban J connectivity index is 1.67. The molecule has 1 aliphatic carbocycles. The first kappa shape index (κ1) is 13.8. The van der Waals surface area contributed by atoms with Gasteiger partial charge >= 0.3 is 5.97 Å². The fourth-order valence-corrected chi connectivity index (χ4v) is 2.92. The normalized spacial score (nSPS) is 24.7. The maximum Gasteiger partial charge on any atom is 0.312 e. The number of carbonyl (C=O) groups excluding carboxylic acids is 1. The lowest BCUT2D eigenvalue weighted by Crippen LogP contribution is -3.14. The molecule has 104 valence electrons. The van der Waals surface area contributed by atoms with Crippen molar-refractivity contribution < 1.29 is 19.2 Å². The SMILES string of the molecule is CC1(OC(=O)CC[NH+]2CCOCC2)CCCCC1. The average molecular weight is 256 g/mol. The van der Waals surface area contributed by atoms with Crippen molar-refractivity contribution in [3.05, 3.63) is 0 Å². The first-order chi connectivity index (χ1) is 8.68. The molecule has 1 heterocycles. The molecule has 1 saturated heterocycles. The van der Waals surface area contributed by atoms with Crippen LogP contribution >= 0.6 is 0 Å². The summed E-state index contributed by atoms with van der Waals surface area (Å²) in [5.41, 5.74) is -0.185. The van der Waals surface area contributed by atoms with Gasteiger partial charge in [-0.15, -0.1) is 0 Å². The van der Waals surface area contributed by atoms with E-state index in [1.54, 1.807) is 0 Å². The van der Waals surface area contributed by atoms with E-state index in [0.29, 0.717) is 6.42 Å². The van der Waals surface area contributed by atoms with Gasteiger partial charge in [0.25, 0.3) is 0 Å². The number of ether oxygens (including phenoxy) is 2. The van der Waals surface area contributed by atoms with Gasteiger partial charge in [0.2, 0.25) is 0 Å². The second-order valence-electron chi connectivity index (χ2n) is 5.85. The minimum absolute atomic E-state index is 0.0154. The number of rotatable bonds is 4. The van der Waals surface area contributed by atoms with E-state index in [2.05, 4.69) is 6.92 Å². The highest BCUT2D eigenvalue weighted by atomic mass is 16.6. The molecular formula is C14H26NO3+. The molecule has 1 aliphatic heterocycles. The highest BCUT2D eigenvalue weighted by molar-refractivity contribution is 5.69. The van der Waals surface area contributed by atoms with Crippen LogP contribution in [-0.2, 0) is 14.3 Å². The van der Waals surface area contributed by atoms with Gasteiger partial charge in [0, 0.05) is 0 Å². The van der Waals surface area contributed by atoms with Gasteiger partial charge in [-0.3, -0.25) is 4.79 Å². The van der Waals surface area contributed by atoms with Crippen molar-refractivity contribution in [3.8, 4) is 0 Å². The van der Waals surface area contributed by atoms with Crippen molar-refractivity contribution in [2.75, 3.05) is 32.8 Å². The van der Waals surface area contributed by atoms with Gasteiger partial charge < -0.3 is 14.4 Å². The zero-order valence-electron chi connectivity index (χ0n) is 11.5. The van der Waals surface area contributed by atoms with Crippen LogP contribution in [0, 0.1) is 0 Å². The highest BCUT2D eigenvalue weighted by Crippen LogP contribution is 2.31. The van der Waals surface area contributed by atoms with Crippen molar-refractivity contribution in [3.63, 3.8) is 0 Å². The molecule has 0 aromatic rings. The van der Waals surface area contributed by atoms with Crippen molar-refractivity contribution in [2.45, 2.75) is 51.0 Å². The van der Waals surface area contributed by atoms with E-state index in [4.69, 9.17) is 9.47 Å². The van der Waals surface area contributed by atoms with Crippen molar-refractivity contribution >= 4 is 5.97 Å². The summed E-state index contributed by atoms with van der Waals surface area (Å²) < 4.78 is 11.0. The molecule has 0 radical (unpaired) electrons. The van der Waals surface area contributed by atoms with Crippen molar-refractivity contribution in [1.29, 1.82) is 0 Å². The third kappa shape index (κ3) is 4.25. The van der Waals surface area contributed by atoms with Gasteiger partial charge in [-0.2, -0.15) is 0 Å². The molecular weight excluding hydrogens is 230 g/mol. The number of hydrogen-bond donors (Lipinski definition) is 1. The van der Waals surface area contributed by atoms with E-state index < -0.39 is 0 Å². The fraction of sp³-hybridized carbons (Fsp3) is 0.929. The standard InChI is InChI=1S/C14H25NO3/c1-14(6-3-2-4-7-14)18-13(16)5-8-15-9-11-17-12-10-15/h2-12H2,1H3/p+1. The minimum Gasteiger partial charge on any atom is -0.459 e. The summed E-state index contributed by atoms with van der Waals surface area (Å²) in [7, 11) is 0. The Bertz CT molecular complexity index is 268. The van der Waals surface area contributed by atoms with E-state index in [1.807, 2.05) is 0 Å². The molecule has 2 rings (SSSR count). The molecule has 0 atom stereocenters. The summed E-state index contributed by atoms with van der Waals surface area (Å²) in [6.07, 6.45) is 6.28. The van der Waals surface area contributed by atoms with Crippen molar-refractivity contribution in [1.82, 2.24) is 0 Å². The Morgan fingerprint density at radius 1 is 1.22 bits per heavy atom. The second kappa shape index (κ2) is 6.53. The minimum atomic E-state index is -0.185. The van der Waals surface area contributed by atoms with Crippen LogP contribution in [0.5, 0.6) is 0 Å². The molecule has 2 aliphatic rings. The van der Waals surface area contributed by atoms with Gasteiger partial charge in [0.1, 0.15) is 18.7 Å². The monoisotopic (exact) mass is 256 g/mol. The molecule has 0 aromatic heterocycles. The predicted octanol–water partition coefficient (Wildman–Crippen LogP) is 0.558. The predicted molar refractivity (Wildman–Crippen MR) is 68.6 cm³/mol. The molecule has 4 nitrogen and oxygen atoms in total. The Labute approximate surface area is 110 Å². The zero-order chi connectivity index (χ0) is 12.8. The number of morpholine rings is 1. The van der Waals surface area contributed by atoms with Crippen LogP contribution in [0.15, 0.2) is 0 Å². The van der Waals surface area contributed by atoms with Gasteiger partial charge in [0.15, 0.2) is 0 Å². The van der Waals surface area contributed by atoms with Crippen LogP contribution in [0.4, 0.5) is 0 Å². The number of quaternary nitrogens is 1. The van der Waals surface area contributed by atoms with Crippen LogP contribution in [0.25, 0.3) is 0 Å². The lowest BCUT2D eigenvalue weighted by molar-refractivity contribution is -0.907. The van der Waals surface area contributed by atoms with Crippen LogP contribution < -0.4 is 4.90 Å². The largest absolute Gasteiger partial charge is 0.459 e. The molecule has 0 spiro atoms. The third-order valence-electron chi connectivity index (χ3n) is 4.15. The van der Waals surface area contributed by atoms with Crippen molar-refractivity contribution in [2.24, 2.45) is 0 Å². The zero-order valence-corrected chi connectivity index (χ0v) is 11.5. The van der Waals surface area contributed by atoms with E-state index in [-0.39, 0.29) is 11.6 Å². The van der Waals surface area contributed by atoms with Gasteiger partial charge in [0.05, 0.1) is 26.2 Å². The first-order valence-electron chi connectivity index (χ1n) is 7.31. The van der Waals surface area contributed by atoms with Gasteiger partial charge in [-0.1, -0.05) is 6.42 Å². The fourth-order valence-electron chi connectivity index (χ4n) is 2.92. The molecule has 0 unspecified atom stereocenters. The van der Waals surface area contributed by atoms with Crippen LogP contribution in [0.2, 0.25) is 0 Å². The summed E-state index contributed by atoms with van der Waals surface area (Å²) in [6.45, 7) is 6.66. The lowest BCUT2D eigenvalue weighted by Gasteiger charge is -2.33. The summed E-state index contributed by atoms with van der Waals surface area (Å²) in [4.78, 5) is 13.4. The summed E-state index contributed by atoms with van der Waals surface area (Å²) in [5.74, 6) is -0.0154. The Morgan fingerprint density at radius 2 is 1.89 bits per heavy atom. The second-order valence-corrected chi connectivity index (χ2v) is 5.85. The number of carbonyl (C=O) groups is 1. The number of nitrogens with one attached hydrogen (secondary N) is 1. The summed E-state index contributed by atoms with van der Waals surface area (Å²) >= 11 is 0. The highest BCUT2D eigenvalue weighted by Gasteiger charge is 2.30. The molecule has 4 heteroatoms. The van der Waals surface area contributed by atoms with E-state index in [1.165, 1.54) is 24.2 Å². The maximum atomic E-state index is 11.9. The maximum absolute atomic E-state index is 11.9. The molecule has 0 bridgehead atoms. The van der Waals surface area contributed by atoms with E-state index >= 15 is 0 Å². The van der Waals surface area contributed by atoms with Crippen LogP contribution in [0.3, 0.4) is 0 Å². The average Bonchev–Trinajstić information content (AvgIpc) is 2.38. The van der Waals surface area contributed by atoms with Gasteiger partial charge in [-0.25, -0.2) is 0 Å².